The van der Waals surface area contributed by atoms with Crippen molar-refractivity contribution in [2.45, 2.75) is 83.3 Å². The second-order valence-corrected chi connectivity index (χ2v) is 17.1. The summed E-state index contributed by atoms with van der Waals surface area (Å²) in [6.45, 7) is 1.00. The number of nitrogens with one attached hydrogen (secondary N) is 6. The standard InChI is InChI=1S/C57H62N6O10/c64-52(38-42-17-5-1-6-18-42)73-63-51(26-14-16-36-59-56(68)71-40-46-21-9-3-10-22-46)54(66)61-49-33-29-44(30-34-49)37-43-27-31-48(32-28-43)60-53(65)50(62-57(69)72-41-47-23-11-4-12-24-47)25-13-15-35-58-55(67)70-39-45-19-7-2-8-20-45/h1-12,17-24,27-34,50-51,63H,13-16,25-26,35-41H2,(H,58,67)(H,59,68)(H,60,65)(H,61,66)(H,62,69)/t50-,51+/m1/s1. The average Bonchev–Trinajstić information content (AvgIpc) is 3.41. The Kier molecular flexibility index (Phi) is 22.3. The summed E-state index contributed by atoms with van der Waals surface area (Å²) in [6, 6.07) is 50.0. The summed E-state index contributed by atoms with van der Waals surface area (Å²) < 4.78 is 16.0. The van der Waals surface area contributed by atoms with Crippen LogP contribution in [-0.2, 0) is 66.1 Å². The number of hydrogen-bond acceptors (Lipinski definition) is 11. The molecule has 0 saturated carbocycles. The number of carbonyl (C=O) groups excluding carboxylic acids is 6. The Bertz CT molecular complexity index is 2630. The predicted molar refractivity (Wildman–Crippen MR) is 277 cm³/mol. The molecule has 0 aliphatic heterocycles. The van der Waals surface area contributed by atoms with Gasteiger partial charge in [-0.2, -0.15) is 0 Å². The van der Waals surface area contributed by atoms with E-state index in [1.165, 1.54) is 0 Å². The normalized spacial score (nSPS) is 11.5. The van der Waals surface area contributed by atoms with Crippen LogP contribution in [0.4, 0.5) is 25.8 Å². The number of amides is 5. The van der Waals surface area contributed by atoms with Crippen molar-refractivity contribution in [3.8, 4) is 0 Å². The molecule has 0 aliphatic rings. The molecular formula is C57H62N6O10. The summed E-state index contributed by atoms with van der Waals surface area (Å²) in [5.41, 5.74) is 9.00. The molecule has 5 amide bonds. The number of alkyl carbamates (subject to hydrolysis) is 3. The molecule has 2 atom stereocenters. The fourth-order valence-electron chi connectivity index (χ4n) is 7.34. The summed E-state index contributed by atoms with van der Waals surface area (Å²) >= 11 is 0. The van der Waals surface area contributed by atoms with E-state index in [0.29, 0.717) is 63.0 Å². The van der Waals surface area contributed by atoms with Crippen LogP contribution in [-0.4, -0.2) is 61.2 Å². The van der Waals surface area contributed by atoms with E-state index >= 15 is 0 Å². The fraction of sp³-hybridized carbons (Fsp3) is 0.263. The molecule has 0 heterocycles. The minimum absolute atomic E-state index is 0.0274. The van der Waals surface area contributed by atoms with Crippen molar-refractivity contribution in [3.63, 3.8) is 0 Å². The number of anilines is 2. The second-order valence-electron chi connectivity index (χ2n) is 17.1. The van der Waals surface area contributed by atoms with Gasteiger partial charge in [0.1, 0.15) is 31.9 Å². The molecule has 0 aromatic heterocycles. The molecule has 0 bridgehead atoms. The smallest absolute Gasteiger partial charge is 0.408 e. The van der Waals surface area contributed by atoms with Crippen LogP contribution in [0.25, 0.3) is 0 Å². The molecular weight excluding hydrogens is 929 g/mol. The highest BCUT2D eigenvalue weighted by molar-refractivity contribution is 5.96. The molecule has 6 N–H and O–H groups in total. The third-order valence-corrected chi connectivity index (χ3v) is 11.3. The number of hydroxylamine groups is 1. The lowest BCUT2D eigenvalue weighted by molar-refractivity contribution is -0.153. The monoisotopic (exact) mass is 990 g/mol. The minimum atomic E-state index is -0.919. The van der Waals surface area contributed by atoms with E-state index in [9.17, 15) is 28.8 Å². The Balaban J connectivity index is 0.966. The maximum Gasteiger partial charge on any atom is 0.408 e. The molecule has 6 aromatic carbocycles. The van der Waals surface area contributed by atoms with Crippen LogP contribution in [0.2, 0.25) is 0 Å². The summed E-state index contributed by atoms with van der Waals surface area (Å²) in [5, 5.41) is 14.0. The highest BCUT2D eigenvalue weighted by Gasteiger charge is 2.23. The van der Waals surface area contributed by atoms with Gasteiger partial charge in [-0.25, -0.2) is 14.4 Å². The number of ether oxygens (including phenoxy) is 3. The minimum Gasteiger partial charge on any atom is -0.445 e. The van der Waals surface area contributed by atoms with Crippen molar-refractivity contribution in [3.05, 3.63) is 203 Å². The molecule has 0 spiro atoms. The zero-order chi connectivity index (χ0) is 51.3. The molecule has 380 valence electrons. The first-order valence-corrected chi connectivity index (χ1v) is 24.3. The Labute approximate surface area is 425 Å². The largest absolute Gasteiger partial charge is 0.445 e. The van der Waals surface area contributed by atoms with E-state index in [1.807, 2.05) is 146 Å². The Morgan fingerprint density at radius 2 is 0.781 bits per heavy atom. The molecule has 0 radical (unpaired) electrons. The molecule has 0 fully saturated rings. The van der Waals surface area contributed by atoms with Crippen molar-refractivity contribution in [2.75, 3.05) is 23.7 Å². The maximum atomic E-state index is 13.6. The van der Waals surface area contributed by atoms with Crippen LogP contribution in [0.3, 0.4) is 0 Å². The molecule has 16 heteroatoms. The van der Waals surface area contributed by atoms with Gasteiger partial charge in [0.25, 0.3) is 0 Å². The predicted octanol–water partition coefficient (Wildman–Crippen LogP) is 9.30. The van der Waals surface area contributed by atoms with Gasteiger partial charge in [0.2, 0.25) is 11.8 Å². The van der Waals surface area contributed by atoms with Crippen LogP contribution in [0.15, 0.2) is 170 Å². The van der Waals surface area contributed by atoms with Crippen LogP contribution in [0.1, 0.15) is 71.9 Å². The Hall–Kier alpha value is -8.50. The second kappa shape index (κ2) is 30.3. The number of benzene rings is 6. The number of carbonyl (C=O) groups is 6. The quantitative estimate of drug-likeness (QED) is 0.0163. The summed E-state index contributed by atoms with van der Waals surface area (Å²) in [4.78, 5) is 82.4. The van der Waals surface area contributed by atoms with E-state index in [4.69, 9.17) is 19.0 Å². The van der Waals surface area contributed by atoms with Gasteiger partial charge < -0.3 is 45.6 Å². The van der Waals surface area contributed by atoms with Gasteiger partial charge in [-0.05, 0) is 103 Å². The van der Waals surface area contributed by atoms with Crippen molar-refractivity contribution >= 4 is 47.4 Å². The first-order chi connectivity index (χ1) is 35.6. The summed E-state index contributed by atoms with van der Waals surface area (Å²) in [6.07, 6.45) is 1.49. The molecule has 6 aromatic rings. The number of rotatable bonds is 27. The van der Waals surface area contributed by atoms with Crippen molar-refractivity contribution in [1.82, 2.24) is 21.4 Å². The van der Waals surface area contributed by atoms with Crippen LogP contribution in [0, 0.1) is 0 Å². The van der Waals surface area contributed by atoms with E-state index < -0.39 is 48.1 Å². The number of hydrogen-bond donors (Lipinski definition) is 6. The van der Waals surface area contributed by atoms with Crippen molar-refractivity contribution < 1.29 is 47.8 Å². The van der Waals surface area contributed by atoms with Gasteiger partial charge in [-0.3, -0.25) is 14.4 Å². The molecule has 73 heavy (non-hydrogen) atoms. The van der Waals surface area contributed by atoms with E-state index in [2.05, 4.69) is 32.1 Å². The van der Waals surface area contributed by atoms with Crippen molar-refractivity contribution in [2.24, 2.45) is 0 Å². The SMILES string of the molecule is O=C(Cc1ccccc1)ON[C@@H](CCCCNC(=O)OCc1ccccc1)C(=O)Nc1ccc(Cc2ccc(NC(=O)[C@@H](CCCCNC(=O)OCc3ccccc3)NC(=O)OCc3ccccc3)cc2)cc1. The molecule has 0 aliphatic carbocycles. The lowest BCUT2D eigenvalue weighted by Gasteiger charge is -2.19. The fourth-order valence-corrected chi connectivity index (χ4v) is 7.34. The van der Waals surface area contributed by atoms with Gasteiger partial charge in [0, 0.05) is 24.5 Å². The number of unbranched alkanes of at least 4 members (excludes halogenated alkanes) is 2. The van der Waals surface area contributed by atoms with Crippen LogP contribution >= 0.6 is 0 Å². The lowest BCUT2D eigenvalue weighted by atomic mass is 10.0. The van der Waals surface area contributed by atoms with Gasteiger partial charge in [0.15, 0.2) is 0 Å². The van der Waals surface area contributed by atoms with Gasteiger partial charge in [0.05, 0.1) is 6.42 Å². The molecule has 0 unspecified atom stereocenters. The highest BCUT2D eigenvalue weighted by Crippen LogP contribution is 2.18. The van der Waals surface area contributed by atoms with E-state index in [0.717, 1.165) is 33.4 Å². The third-order valence-electron chi connectivity index (χ3n) is 11.3. The molecule has 16 nitrogen and oxygen atoms in total. The summed E-state index contributed by atoms with van der Waals surface area (Å²) in [7, 11) is 0. The van der Waals surface area contributed by atoms with Gasteiger partial charge >= 0.3 is 24.2 Å². The van der Waals surface area contributed by atoms with E-state index in [-0.39, 0.29) is 32.7 Å². The Morgan fingerprint density at radius 3 is 1.22 bits per heavy atom. The van der Waals surface area contributed by atoms with E-state index in [1.54, 1.807) is 24.3 Å². The lowest BCUT2D eigenvalue weighted by Crippen LogP contribution is -2.44. The topological polar surface area (TPSA) is 212 Å². The Morgan fingerprint density at radius 1 is 0.397 bits per heavy atom. The van der Waals surface area contributed by atoms with Crippen LogP contribution < -0.4 is 32.1 Å². The van der Waals surface area contributed by atoms with Gasteiger partial charge in [-0.15, -0.1) is 5.48 Å². The highest BCUT2D eigenvalue weighted by atomic mass is 16.7. The van der Waals surface area contributed by atoms with Crippen molar-refractivity contribution in [1.29, 1.82) is 0 Å². The zero-order valence-corrected chi connectivity index (χ0v) is 40.6. The third kappa shape index (κ3) is 20.8. The zero-order valence-electron chi connectivity index (χ0n) is 40.6. The first kappa shape index (κ1) is 53.8. The average molecular weight is 991 g/mol. The van der Waals surface area contributed by atoms with Gasteiger partial charge in [-0.1, -0.05) is 146 Å². The summed E-state index contributed by atoms with van der Waals surface area (Å²) in [5.74, 6) is -1.36. The first-order valence-electron chi connectivity index (χ1n) is 24.3. The molecule has 6 rings (SSSR count). The molecule has 0 saturated heterocycles. The maximum absolute atomic E-state index is 13.6. The van der Waals surface area contributed by atoms with Crippen LogP contribution in [0.5, 0.6) is 0 Å².